The van der Waals surface area contributed by atoms with Gasteiger partial charge in [0.25, 0.3) is 0 Å². The molecule has 1 fully saturated rings. The van der Waals surface area contributed by atoms with Gasteiger partial charge in [-0.2, -0.15) is 0 Å². The third-order valence-corrected chi connectivity index (χ3v) is 1.98. The van der Waals surface area contributed by atoms with E-state index in [1.54, 1.807) is 0 Å². The summed E-state index contributed by atoms with van der Waals surface area (Å²) in [4.78, 5) is 2.36. The van der Waals surface area contributed by atoms with Crippen molar-refractivity contribution in [3.05, 3.63) is 17.6 Å². The summed E-state index contributed by atoms with van der Waals surface area (Å²) in [6, 6.07) is 0. The second-order valence-corrected chi connectivity index (χ2v) is 4.97. The van der Waals surface area contributed by atoms with Crippen LogP contribution in [0.3, 0.4) is 0 Å². The Morgan fingerprint density at radius 2 is 1.75 bits per heavy atom. The number of likely N-dealkylation sites (tertiary alicyclic amines) is 1. The van der Waals surface area contributed by atoms with Crippen LogP contribution in [0.2, 0.25) is 0 Å². The minimum absolute atomic E-state index is 0. The van der Waals surface area contributed by atoms with Gasteiger partial charge in [0, 0.05) is 0 Å². The fourth-order valence-electron chi connectivity index (χ4n) is 1.17. The van der Waals surface area contributed by atoms with Crippen LogP contribution in [0.25, 0.3) is 5.41 Å². The Morgan fingerprint density at radius 3 is 1.88 bits per heavy atom. The Kier molecular flexibility index (Phi) is 10.7. The van der Waals surface area contributed by atoms with Gasteiger partial charge in [0.05, 0.1) is 0 Å². The van der Waals surface area contributed by atoms with Gasteiger partial charge in [-0.15, -0.1) is 0 Å². The summed E-state index contributed by atoms with van der Waals surface area (Å²) in [7, 11) is 2.17. The van der Waals surface area contributed by atoms with E-state index in [-0.39, 0.29) is 40.8 Å². The molecule has 1 rings (SSSR count). The van der Waals surface area contributed by atoms with Crippen LogP contribution in [-0.4, -0.2) is 30.9 Å². The average molecular weight is 232 g/mol. The first-order valence-corrected chi connectivity index (χ1v) is 5.42. The van der Waals surface area contributed by atoms with Crippen molar-refractivity contribution in [2.75, 3.05) is 20.1 Å². The molecule has 0 spiro atoms. The maximum absolute atomic E-state index is 8.49. The summed E-state index contributed by atoms with van der Waals surface area (Å²) in [5, 5.41) is 8.49. The van der Waals surface area contributed by atoms with E-state index in [0.29, 0.717) is 0 Å². The quantitative estimate of drug-likeness (QED) is 0.274. The number of hydrogen-bond acceptors (Lipinski definition) is 1. The normalized spacial score (nSPS) is 16.5. The van der Waals surface area contributed by atoms with Gasteiger partial charge < -0.3 is 16.0 Å². The van der Waals surface area contributed by atoms with Gasteiger partial charge in [-0.05, 0) is 33.0 Å². The molecule has 88 valence electrons. The summed E-state index contributed by atoms with van der Waals surface area (Å²) < 4.78 is 0. The minimum atomic E-state index is -0.190. The molecular formula is C12H23N3Na-. The number of amidine groups is 1. The first-order valence-electron chi connectivity index (χ1n) is 5.42. The van der Waals surface area contributed by atoms with E-state index >= 15 is 0 Å². The van der Waals surface area contributed by atoms with Gasteiger partial charge in [-0.3, -0.25) is 6.08 Å². The van der Waals surface area contributed by atoms with Crippen molar-refractivity contribution in [3.63, 3.8) is 0 Å². The first kappa shape index (κ1) is 18.5. The van der Waals surface area contributed by atoms with Crippen LogP contribution < -0.4 is 35.3 Å². The fourth-order valence-corrected chi connectivity index (χ4v) is 1.17. The summed E-state index contributed by atoms with van der Waals surface area (Å²) >= 11 is 0. The molecule has 0 saturated carbocycles. The number of allylic oxidation sites excluding steroid dienone is 1. The largest absolute Gasteiger partial charge is 1.00 e. The third kappa shape index (κ3) is 14.2. The van der Waals surface area contributed by atoms with Crippen LogP contribution in [0.15, 0.2) is 6.08 Å². The molecule has 4 heteroatoms. The first-order chi connectivity index (χ1) is 6.81. The van der Waals surface area contributed by atoms with Crippen molar-refractivity contribution in [2.45, 2.75) is 33.6 Å². The van der Waals surface area contributed by atoms with Crippen LogP contribution in [0.1, 0.15) is 33.6 Å². The summed E-state index contributed by atoms with van der Waals surface area (Å²) in [6.07, 6.45) is 7.09. The zero-order valence-electron chi connectivity index (χ0n) is 11.4. The summed E-state index contributed by atoms with van der Waals surface area (Å²) in [5.41, 5.74) is 4.92. The number of rotatable bonds is 1. The van der Waals surface area contributed by atoms with Crippen LogP contribution in [0.4, 0.5) is 0 Å². The molecule has 0 aromatic carbocycles. The number of nitrogens with zero attached hydrogens (tertiary/aromatic N) is 2. The van der Waals surface area contributed by atoms with Crippen molar-refractivity contribution in [3.8, 4) is 0 Å². The molecule has 0 amide bonds. The molecule has 1 aliphatic rings. The maximum Gasteiger partial charge on any atom is 1.00 e. The van der Waals surface area contributed by atoms with Crippen molar-refractivity contribution < 1.29 is 29.6 Å². The van der Waals surface area contributed by atoms with E-state index in [2.05, 4.69) is 18.0 Å². The van der Waals surface area contributed by atoms with Gasteiger partial charge in [0.1, 0.15) is 0 Å². The molecule has 0 radical (unpaired) electrons. The number of hydrogen-bond donors (Lipinski definition) is 1. The fraction of sp³-hybridized carbons (Fsp3) is 0.750. The van der Waals surface area contributed by atoms with Crippen molar-refractivity contribution in [2.24, 2.45) is 11.1 Å². The maximum atomic E-state index is 8.49. The third-order valence-electron chi connectivity index (χ3n) is 1.98. The Morgan fingerprint density at radius 1 is 1.31 bits per heavy atom. The molecular weight excluding hydrogens is 209 g/mol. The van der Waals surface area contributed by atoms with E-state index in [1.165, 1.54) is 32.0 Å². The van der Waals surface area contributed by atoms with E-state index in [4.69, 9.17) is 11.1 Å². The predicted octanol–water partition coefficient (Wildman–Crippen LogP) is -0.966. The molecule has 1 aliphatic heterocycles. The van der Waals surface area contributed by atoms with Gasteiger partial charge in [0.2, 0.25) is 0 Å². The predicted molar refractivity (Wildman–Crippen MR) is 66.6 cm³/mol. The van der Waals surface area contributed by atoms with Gasteiger partial charge >= 0.3 is 29.6 Å². The molecule has 0 aromatic rings. The van der Waals surface area contributed by atoms with E-state index < -0.39 is 0 Å². The smallest absolute Gasteiger partial charge is 0.578 e. The molecule has 0 atom stereocenters. The molecule has 0 unspecified atom stereocenters. The monoisotopic (exact) mass is 232 g/mol. The van der Waals surface area contributed by atoms with Gasteiger partial charge in [0.15, 0.2) is 0 Å². The number of nitrogens with two attached hydrogens (primary N) is 1. The SMILES string of the molecule is CC(C)(C)[C-]=CC(=[N-])N.CN1CCCC1.[Na+]. The topological polar surface area (TPSA) is 51.6 Å². The summed E-state index contributed by atoms with van der Waals surface area (Å²) in [6.45, 7) is 8.57. The zero-order valence-corrected chi connectivity index (χ0v) is 13.4. The molecule has 0 aromatic heterocycles. The molecule has 3 nitrogen and oxygen atoms in total. The standard InChI is InChI=1S/C7H12N2.C5H11N.Na/c1-7(2,3)5-4-6(8)9;1-6-4-2-3-5-6;/h4H,1-3H3,(H2-,8,9);2-5H2,1H3;/q-2;;+1. The Hall–Kier alpha value is 0.170. The molecule has 1 heterocycles. The van der Waals surface area contributed by atoms with Crippen molar-refractivity contribution >= 4 is 5.84 Å². The molecule has 16 heavy (non-hydrogen) atoms. The van der Waals surface area contributed by atoms with Crippen molar-refractivity contribution in [1.82, 2.24) is 4.90 Å². The van der Waals surface area contributed by atoms with Gasteiger partial charge in [-0.1, -0.05) is 26.2 Å². The van der Waals surface area contributed by atoms with Crippen LogP contribution in [-0.2, 0) is 0 Å². The molecule has 0 bridgehead atoms. The van der Waals surface area contributed by atoms with E-state index in [0.717, 1.165) is 0 Å². The van der Waals surface area contributed by atoms with E-state index in [9.17, 15) is 0 Å². The van der Waals surface area contributed by atoms with Gasteiger partial charge in [-0.25, -0.2) is 11.9 Å². The zero-order chi connectivity index (χ0) is 11.9. The Balaban J connectivity index is 0. The second-order valence-electron chi connectivity index (χ2n) is 4.97. The van der Waals surface area contributed by atoms with Crippen LogP contribution in [0, 0.1) is 11.5 Å². The van der Waals surface area contributed by atoms with Crippen LogP contribution in [0.5, 0.6) is 0 Å². The van der Waals surface area contributed by atoms with Crippen molar-refractivity contribution in [1.29, 1.82) is 0 Å². The average Bonchev–Trinajstić information content (AvgIpc) is 2.52. The van der Waals surface area contributed by atoms with Crippen LogP contribution >= 0.6 is 0 Å². The molecule has 2 N–H and O–H groups in total. The Labute approximate surface area is 122 Å². The Bertz CT molecular complexity index is 213. The minimum Gasteiger partial charge on any atom is -0.578 e. The molecule has 0 aliphatic carbocycles. The molecule has 1 saturated heterocycles. The summed E-state index contributed by atoms with van der Waals surface area (Å²) in [5.74, 6) is -0.190. The second kappa shape index (κ2) is 9.23. The van der Waals surface area contributed by atoms with E-state index in [1.807, 2.05) is 20.8 Å².